The Labute approximate surface area is 90.4 Å². The van der Waals surface area contributed by atoms with Crippen molar-refractivity contribution in [2.75, 3.05) is 6.54 Å². The molecule has 3 nitrogen and oxygen atoms in total. The molecule has 1 saturated carbocycles. The summed E-state index contributed by atoms with van der Waals surface area (Å²) in [6.07, 6.45) is 5.43. The summed E-state index contributed by atoms with van der Waals surface area (Å²) >= 11 is 0. The molecule has 0 amide bonds. The number of hydrogen-bond donors (Lipinski definition) is 1. The first-order valence-corrected chi connectivity index (χ1v) is 5.60. The molecule has 2 aliphatic rings. The van der Waals surface area contributed by atoms with Crippen LogP contribution in [0.15, 0.2) is 11.1 Å². The van der Waals surface area contributed by atoms with E-state index in [1.54, 1.807) is 0 Å². The number of allylic oxidation sites excluding steroid dienone is 2. The maximum atomic E-state index is 8.83. The van der Waals surface area contributed by atoms with Crippen molar-refractivity contribution in [1.29, 1.82) is 10.5 Å². The zero-order chi connectivity index (χ0) is 10.7. The van der Waals surface area contributed by atoms with Gasteiger partial charge in [0.05, 0.1) is 0 Å². The quantitative estimate of drug-likeness (QED) is 0.609. The Hall–Kier alpha value is -1.32. The Morgan fingerprint density at radius 2 is 2.07 bits per heavy atom. The summed E-state index contributed by atoms with van der Waals surface area (Å²) < 4.78 is 0. The third-order valence-corrected chi connectivity index (χ3v) is 3.57. The van der Waals surface area contributed by atoms with Crippen LogP contribution in [-0.4, -0.2) is 12.6 Å². The first kappa shape index (κ1) is 10.2. The van der Waals surface area contributed by atoms with E-state index in [1.165, 1.54) is 12.8 Å². The van der Waals surface area contributed by atoms with Gasteiger partial charge in [-0.15, -0.1) is 0 Å². The number of nitriles is 2. The van der Waals surface area contributed by atoms with Crippen LogP contribution in [0.25, 0.3) is 0 Å². The molecule has 2 rings (SSSR count). The number of fused-ring (bicyclic) bond motifs is 1. The second-order valence-electron chi connectivity index (χ2n) is 4.41. The Kier molecular flexibility index (Phi) is 3.04. The highest BCUT2D eigenvalue weighted by Gasteiger charge is 2.30. The molecule has 0 aromatic carbocycles. The molecule has 1 aliphatic heterocycles. The van der Waals surface area contributed by atoms with E-state index in [-0.39, 0.29) is 0 Å². The van der Waals surface area contributed by atoms with Gasteiger partial charge in [-0.2, -0.15) is 10.5 Å². The lowest BCUT2D eigenvalue weighted by atomic mass is 9.76. The molecule has 0 radical (unpaired) electrons. The summed E-state index contributed by atoms with van der Waals surface area (Å²) in [6.45, 7) is 1.13. The van der Waals surface area contributed by atoms with Crippen LogP contribution in [0.5, 0.6) is 0 Å². The summed E-state index contributed by atoms with van der Waals surface area (Å²) in [6, 6.07) is 4.66. The van der Waals surface area contributed by atoms with Crippen LogP contribution in [-0.2, 0) is 0 Å². The standard InChI is InChI=1S/C12H15N3/c13-7-11(8-14)9-3-4-12-10(6-9)2-1-5-15-12/h10,12,15H,1-6H2. The van der Waals surface area contributed by atoms with Crippen molar-refractivity contribution in [3.05, 3.63) is 11.1 Å². The van der Waals surface area contributed by atoms with E-state index in [0.29, 0.717) is 17.5 Å². The van der Waals surface area contributed by atoms with E-state index in [9.17, 15) is 0 Å². The number of rotatable bonds is 0. The lowest BCUT2D eigenvalue weighted by molar-refractivity contribution is 0.241. The zero-order valence-electron chi connectivity index (χ0n) is 8.79. The summed E-state index contributed by atoms with van der Waals surface area (Å²) in [5.41, 5.74) is 1.45. The predicted octanol–water partition coefficient (Wildman–Crippen LogP) is 1.88. The van der Waals surface area contributed by atoms with Crippen LogP contribution in [0.4, 0.5) is 0 Å². The second kappa shape index (κ2) is 4.47. The van der Waals surface area contributed by atoms with Crippen LogP contribution in [0, 0.1) is 28.6 Å². The molecule has 0 bridgehead atoms. The Bertz CT molecular complexity index is 340. The van der Waals surface area contributed by atoms with Gasteiger partial charge in [0.25, 0.3) is 0 Å². The molecular formula is C12H15N3. The highest BCUT2D eigenvalue weighted by molar-refractivity contribution is 5.41. The maximum Gasteiger partial charge on any atom is 0.128 e. The van der Waals surface area contributed by atoms with Crippen LogP contribution >= 0.6 is 0 Å². The van der Waals surface area contributed by atoms with Crippen LogP contribution in [0.3, 0.4) is 0 Å². The van der Waals surface area contributed by atoms with E-state index < -0.39 is 0 Å². The molecule has 1 heterocycles. The lowest BCUT2D eigenvalue weighted by Gasteiger charge is -2.37. The topological polar surface area (TPSA) is 59.6 Å². The van der Waals surface area contributed by atoms with Crippen LogP contribution in [0.2, 0.25) is 0 Å². The first-order chi connectivity index (χ1) is 7.35. The SMILES string of the molecule is N#CC(C#N)=C1CCC2NCCCC2C1. The largest absolute Gasteiger partial charge is 0.314 e. The van der Waals surface area contributed by atoms with Gasteiger partial charge in [0.1, 0.15) is 17.7 Å². The van der Waals surface area contributed by atoms with Gasteiger partial charge < -0.3 is 5.32 Å². The van der Waals surface area contributed by atoms with E-state index in [2.05, 4.69) is 5.32 Å². The van der Waals surface area contributed by atoms with Gasteiger partial charge in [-0.05, 0) is 50.1 Å². The van der Waals surface area contributed by atoms with Crippen LogP contribution < -0.4 is 5.32 Å². The van der Waals surface area contributed by atoms with E-state index >= 15 is 0 Å². The van der Waals surface area contributed by atoms with Crippen molar-refractivity contribution in [3.8, 4) is 12.1 Å². The maximum absolute atomic E-state index is 8.83. The van der Waals surface area contributed by atoms with E-state index in [0.717, 1.165) is 31.4 Å². The summed E-state index contributed by atoms with van der Waals surface area (Å²) in [5.74, 6) is 0.652. The fourth-order valence-corrected chi connectivity index (χ4v) is 2.76. The average Bonchev–Trinajstić information content (AvgIpc) is 2.30. The molecular weight excluding hydrogens is 186 g/mol. The van der Waals surface area contributed by atoms with Gasteiger partial charge in [-0.3, -0.25) is 0 Å². The molecule has 78 valence electrons. The summed E-state index contributed by atoms with van der Waals surface area (Å²) in [4.78, 5) is 0. The predicted molar refractivity (Wildman–Crippen MR) is 56.6 cm³/mol. The van der Waals surface area contributed by atoms with Crippen LogP contribution in [0.1, 0.15) is 32.1 Å². The number of piperidine rings is 1. The molecule has 0 spiro atoms. The van der Waals surface area contributed by atoms with Gasteiger partial charge in [-0.25, -0.2) is 0 Å². The average molecular weight is 201 g/mol. The molecule has 1 aliphatic carbocycles. The van der Waals surface area contributed by atoms with Crippen molar-refractivity contribution in [1.82, 2.24) is 5.32 Å². The minimum atomic E-state index is 0.360. The Balaban J connectivity index is 2.13. The minimum Gasteiger partial charge on any atom is -0.314 e. The van der Waals surface area contributed by atoms with Gasteiger partial charge in [0.2, 0.25) is 0 Å². The van der Waals surface area contributed by atoms with E-state index in [4.69, 9.17) is 10.5 Å². The third kappa shape index (κ3) is 2.03. The Morgan fingerprint density at radius 1 is 1.27 bits per heavy atom. The fourth-order valence-electron chi connectivity index (χ4n) is 2.76. The molecule has 2 unspecified atom stereocenters. The third-order valence-electron chi connectivity index (χ3n) is 3.57. The van der Waals surface area contributed by atoms with Gasteiger partial charge in [-0.1, -0.05) is 0 Å². The molecule has 2 fully saturated rings. The van der Waals surface area contributed by atoms with Crippen molar-refractivity contribution < 1.29 is 0 Å². The van der Waals surface area contributed by atoms with Gasteiger partial charge >= 0.3 is 0 Å². The van der Waals surface area contributed by atoms with Gasteiger partial charge in [0, 0.05) is 6.04 Å². The number of nitrogens with zero attached hydrogens (tertiary/aromatic N) is 2. The monoisotopic (exact) mass is 201 g/mol. The molecule has 3 heteroatoms. The first-order valence-electron chi connectivity index (χ1n) is 5.60. The fraction of sp³-hybridized carbons (Fsp3) is 0.667. The minimum absolute atomic E-state index is 0.360. The Morgan fingerprint density at radius 3 is 2.80 bits per heavy atom. The van der Waals surface area contributed by atoms with E-state index in [1.807, 2.05) is 12.1 Å². The molecule has 2 atom stereocenters. The highest BCUT2D eigenvalue weighted by atomic mass is 14.9. The summed E-state index contributed by atoms with van der Waals surface area (Å²) in [5, 5.41) is 21.2. The molecule has 0 aromatic heterocycles. The van der Waals surface area contributed by atoms with Gasteiger partial charge in [0.15, 0.2) is 0 Å². The molecule has 15 heavy (non-hydrogen) atoms. The van der Waals surface area contributed by atoms with Crippen molar-refractivity contribution in [3.63, 3.8) is 0 Å². The zero-order valence-corrected chi connectivity index (χ0v) is 8.79. The normalized spacial score (nSPS) is 29.9. The smallest absolute Gasteiger partial charge is 0.128 e. The molecule has 1 N–H and O–H groups in total. The highest BCUT2D eigenvalue weighted by Crippen LogP contribution is 2.35. The number of nitrogens with one attached hydrogen (secondary N) is 1. The summed E-state index contributed by atoms with van der Waals surface area (Å²) in [7, 11) is 0. The van der Waals surface area contributed by atoms with Crippen molar-refractivity contribution in [2.45, 2.75) is 38.1 Å². The van der Waals surface area contributed by atoms with Crippen molar-refractivity contribution in [2.24, 2.45) is 5.92 Å². The molecule has 1 saturated heterocycles. The number of hydrogen-bond acceptors (Lipinski definition) is 3. The van der Waals surface area contributed by atoms with Crippen molar-refractivity contribution >= 4 is 0 Å². The molecule has 0 aromatic rings. The lowest BCUT2D eigenvalue weighted by Crippen LogP contribution is -2.43. The second-order valence-corrected chi connectivity index (χ2v) is 4.41.